The number of hydrogen-bond acceptors (Lipinski definition) is 4. The highest BCUT2D eigenvalue weighted by Crippen LogP contribution is 2.68. The standard InChI is InChI=1S/C29H49NO4S/c1-18(5-10-26(32)30-25(27(33)34)13-16-35-4)22-8-9-23-21-7-6-19-17-20(31)11-14-28(19,2)24(21)12-15-29(22,23)3/h18-25,31H,5-17H2,1-4H3,(H,30,32)(H,33,34)/t18-,19-,20-,21+,22-,23+,24+,25-,28+,29-/m1/s1. The summed E-state index contributed by atoms with van der Waals surface area (Å²) in [6.07, 6.45) is 14.7. The van der Waals surface area contributed by atoms with Crippen LogP contribution in [-0.2, 0) is 9.59 Å². The van der Waals surface area contributed by atoms with Crippen molar-refractivity contribution in [1.82, 2.24) is 5.32 Å². The molecule has 0 radical (unpaired) electrons. The summed E-state index contributed by atoms with van der Waals surface area (Å²) in [5.74, 6) is 3.99. The molecule has 1 amide bonds. The lowest BCUT2D eigenvalue weighted by Gasteiger charge is -2.61. The number of thioether (sulfide) groups is 1. The van der Waals surface area contributed by atoms with Gasteiger partial charge >= 0.3 is 5.97 Å². The van der Waals surface area contributed by atoms with E-state index in [4.69, 9.17) is 0 Å². The smallest absolute Gasteiger partial charge is 0.326 e. The summed E-state index contributed by atoms with van der Waals surface area (Å²) in [6.45, 7) is 7.45. The predicted octanol–water partition coefficient (Wildman–Crippen LogP) is 5.75. The number of nitrogens with one attached hydrogen (secondary N) is 1. The molecule has 0 saturated heterocycles. The van der Waals surface area contributed by atoms with Crippen molar-refractivity contribution in [3.8, 4) is 0 Å². The molecule has 6 heteroatoms. The molecular weight excluding hydrogens is 458 g/mol. The third-order valence-electron chi connectivity index (χ3n) is 11.5. The van der Waals surface area contributed by atoms with Crippen LogP contribution in [0.15, 0.2) is 0 Å². The number of carbonyl (C=O) groups is 2. The van der Waals surface area contributed by atoms with E-state index in [0.29, 0.717) is 41.4 Å². The SMILES string of the molecule is CSCC[C@@H](NC(=O)CC[C@@H](C)[C@H]1CC[C@H]2[C@@H]3CC[C@@H]4C[C@H](O)CC[C@]4(C)[C@H]3CC[C@]12C)C(=O)O. The Kier molecular flexibility index (Phi) is 8.52. The van der Waals surface area contributed by atoms with Gasteiger partial charge in [-0.25, -0.2) is 4.79 Å². The fourth-order valence-electron chi connectivity index (χ4n) is 9.53. The van der Waals surface area contributed by atoms with Gasteiger partial charge in [0.05, 0.1) is 6.10 Å². The molecule has 0 spiro atoms. The van der Waals surface area contributed by atoms with Crippen LogP contribution in [0.25, 0.3) is 0 Å². The lowest BCUT2D eigenvalue weighted by molar-refractivity contribution is -0.142. The molecule has 4 aliphatic rings. The predicted molar refractivity (Wildman–Crippen MR) is 142 cm³/mol. The molecule has 0 heterocycles. The fraction of sp³-hybridized carbons (Fsp3) is 0.931. The molecule has 35 heavy (non-hydrogen) atoms. The van der Waals surface area contributed by atoms with Crippen molar-refractivity contribution in [3.63, 3.8) is 0 Å². The summed E-state index contributed by atoms with van der Waals surface area (Å²) in [5, 5.41) is 22.5. The Morgan fingerprint density at radius 2 is 1.71 bits per heavy atom. The van der Waals surface area contributed by atoms with Crippen LogP contribution in [0.5, 0.6) is 0 Å². The van der Waals surface area contributed by atoms with Crippen LogP contribution in [0.3, 0.4) is 0 Å². The number of aliphatic hydroxyl groups excluding tert-OH is 1. The molecule has 0 bridgehead atoms. The van der Waals surface area contributed by atoms with Gasteiger partial charge < -0.3 is 15.5 Å². The van der Waals surface area contributed by atoms with E-state index >= 15 is 0 Å². The summed E-state index contributed by atoms with van der Waals surface area (Å²) in [5.41, 5.74) is 0.790. The minimum atomic E-state index is -0.931. The summed E-state index contributed by atoms with van der Waals surface area (Å²) < 4.78 is 0. The van der Waals surface area contributed by atoms with Gasteiger partial charge in [-0.1, -0.05) is 20.8 Å². The minimum Gasteiger partial charge on any atom is -0.480 e. The number of aliphatic carboxylic acids is 1. The maximum absolute atomic E-state index is 12.6. The topological polar surface area (TPSA) is 86.6 Å². The number of hydrogen-bond donors (Lipinski definition) is 3. The van der Waals surface area contributed by atoms with Gasteiger partial charge in [-0.2, -0.15) is 11.8 Å². The molecule has 200 valence electrons. The van der Waals surface area contributed by atoms with Crippen LogP contribution in [-0.4, -0.2) is 46.2 Å². The molecule has 4 aliphatic carbocycles. The molecule has 0 unspecified atom stereocenters. The van der Waals surface area contributed by atoms with Crippen LogP contribution in [0, 0.1) is 46.3 Å². The molecule has 0 aromatic heterocycles. The molecule has 0 aromatic carbocycles. The van der Waals surface area contributed by atoms with Crippen molar-refractivity contribution in [2.24, 2.45) is 46.3 Å². The minimum absolute atomic E-state index is 0.0799. The molecule has 4 fully saturated rings. The molecule has 0 aromatic rings. The number of carboxylic acid groups (broad SMARTS) is 1. The maximum atomic E-state index is 12.6. The van der Waals surface area contributed by atoms with Gasteiger partial charge in [0, 0.05) is 6.42 Å². The fourth-order valence-corrected chi connectivity index (χ4v) is 10.0. The van der Waals surface area contributed by atoms with Crippen molar-refractivity contribution in [2.45, 2.75) is 110 Å². The number of carbonyl (C=O) groups excluding carboxylic acids is 1. The molecule has 10 atom stereocenters. The highest BCUT2D eigenvalue weighted by molar-refractivity contribution is 7.98. The molecule has 4 rings (SSSR count). The van der Waals surface area contributed by atoms with Crippen LogP contribution < -0.4 is 5.32 Å². The van der Waals surface area contributed by atoms with Crippen LogP contribution in [0.1, 0.15) is 97.8 Å². The van der Waals surface area contributed by atoms with E-state index in [-0.39, 0.29) is 12.0 Å². The summed E-state index contributed by atoms with van der Waals surface area (Å²) in [7, 11) is 0. The maximum Gasteiger partial charge on any atom is 0.326 e. The average Bonchev–Trinajstić information content (AvgIpc) is 3.17. The Labute approximate surface area is 217 Å². The van der Waals surface area contributed by atoms with E-state index in [9.17, 15) is 19.8 Å². The van der Waals surface area contributed by atoms with Gasteiger partial charge in [0.2, 0.25) is 5.91 Å². The van der Waals surface area contributed by atoms with Gasteiger partial charge in [-0.05, 0) is 129 Å². The first-order valence-electron chi connectivity index (χ1n) is 14.3. The lowest BCUT2D eigenvalue weighted by atomic mass is 9.44. The van der Waals surface area contributed by atoms with E-state index in [0.717, 1.165) is 42.8 Å². The summed E-state index contributed by atoms with van der Waals surface area (Å²) in [4.78, 5) is 24.1. The highest BCUT2D eigenvalue weighted by Gasteiger charge is 2.60. The van der Waals surface area contributed by atoms with Crippen molar-refractivity contribution in [2.75, 3.05) is 12.0 Å². The van der Waals surface area contributed by atoms with Gasteiger partial charge in [0.15, 0.2) is 0 Å². The van der Waals surface area contributed by atoms with E-state index in [1.165, 1.54) is 44.9 Å². The van der Waals surface area contributed by atoms with E-state index in [2.05, 4.69) is 26.1 Å². The first kappa shape index (κ1) is 27.3. The lowest BCUT2D eigenvalue weighted by Crippen LogP contribution is -2.54. The van der Waals surface area contributed by atoms with Crippen LogP contribution in [0.2, 0.25) is 0 Å². The second-order valence-corrected chi connectivity index (χ2v) is 14.1. The second kappa shape index (κ2) is 10.9. The monoisotopic (exact) mass is 507 g/mol. The zero-order chi connectivity index (χ0) is 25.4. The van der Waals surface area contributed by atoms with Crippen molar-refractivity contribution in [3.05, 3.63) is 0 Å². The highest BCUT2D eigenvalue weighted by atomic mass is 32.2. The Morgan fingerprint density at radius 3 is 2.43 bits per heavy atom. The third-order valence-corrected chi connectivity index (χ3v) is 12.1. The van der Waals surface area contributed by atoms with E-state index in [1.807, 2.05) is 6.26 Å². The largest absolute Gasteiger partial charge is 0.480 e. The Morgan fingerprint density at radius 1 is 1.00 bits per heavy atom. The first-order chi connectivity index (χ1) is 16.6. The quantitative estimate of drug-likeness (QED) is 0.370. The number of fused-ring (bicyclic) bond motifs is 5. The Balaban J connectivity index is 1.35. The van der Waals surface area contributed by atoms with Crippen molar-refractivity contribution in [1.29, 1.82) is 0 Å². The Bertz CT molecular complexity index is 776. The van der Waals surface area contributed by atoms with Crippen LogP contribution in [0.4, 0.5) is 0 Å². The van der Waals surface area contributed by atoms with Gasteiger partial charge in [-0.15, -0.1) is 0 Å². The second-order valence-electron chi connectivity index (χ2n) is 13.1. The first-order valence-corrected chi connectivity index (χ1v) is 15.7. The van der Waals surface area contributed by atoms with Crippen LogP contribution >= 0.6 is 11.8 Å². The summed E-state index contributed by atoms with van der Waals surface area (Å²) >= 11 is 1.61. The molecule has 5 nitrogen and oxygen atoms in total. The zero-order valence-corrected chi connectivity index (χ0v) is 23.2. The van der Waals surface area contributed by atoms with Gasteiger partial charge in [0.25, 0.3) is 0 Å². The molecule has 0 aliphatic heterocycles. The number of carboxylic acids is 1. The van der Waals surface area contributed by atoms with Gasteiger partial charge in [-0.3, -0.25) is 4.79 Å². The number of rotatable bonds is 9. The third kappa shape index (κ3) is 5.30. The molecular formula is C29H49NO4S. The molecule has 4 saturated carbocycles. The van der Waals surface area contributed by atoms with Crippen molar-refractivity contribution >= 4 is 23.6 Å². The average molecular weight is 508 g/mol. The Hall–Kier alpha value is -0.750. The van der Waals surface area contributed by atoms with E-state index < -0.39 is 12.0 Å². The molecule has 3 N–H and O–H groups in total. The number of amides is 1. The van der Waals surface area contributed by atoms with Crippen molar-refractivity contribution < 1.29 is 19.8 Å². The number of aliphatic hydroxyl groups is 1. The van der Waals surface area contributed by atoms with Gasteiger partial charge in [0.1, 0.15) is 6.04 Å². The normalized spacial score (nSPS) is 42.3. The zero-order valence-electron chi connectivity index (χ0n) is 22.4. The summed E-state index contributed by atoms with van der Waals surface area (Å²) in [6, 6.07) is -0.772. The van der Waals surface area contributed by atoms with E-state index in [1.54, 1.807) is 11.8 Å².